The van der Waals surface area contributed by atoms with Crippen LogP contribution in [0.25, 0.3) is 0 Å². The summed E-state index contributed by atoms with van der Waals surface area (Å²) in [4.78, 5) is 2.56. The SMILES string of the molecule is CC(C)CCN(C)C1(CN)CC(C)CC(C)(C)C1. The van der Waals surface area contributed by atoms with Crippen LogP contribution >= 0.6 is 0 Å². The zero-order valence-corrected chi connectivity index (χ0v) is 13.4. The van der Waals surface area contributed by atoms with Gasteiger partial charge >= 0.3 is 0 Å². The quantitative estimate of drug-likeness (QED) is 0.813. The molecule has 2 atom stereocenters. The second kappa shape index (κ2) is 5.92. The van der Waals surface area contributed by atoms with E-state index < -0.39 is 0 Å². The van der Waals surface area contributed by atoms with Crippen LogP contribution in [0.1, 0.15) is 60.3 Å². The van der Waals surface area contributed by atoms with Crippen LogP contribution < -0.4 is 5.73 Å². The number of likely N-dealkylation sites (N-methyl/N-ethyl adjacent to an activating group) is 1. The van der Waals surface area contributed by atoms with E-state index in [0.717, 1.165) is 18.4 Å². The predicted molar refractivity (Wildman–Crippen MR) is 80.7 cm³/mol. The third kappa shape index (κ3) is 3.96. The molecule has 0 heterocycles. The summed E-state index contributed by atoms with van der Waals surface area (Å²) in [6.45, 7) is 13.8. The van der Waals surface area contributed by atoms with Crippen LogP contribution in [0, 0.1) is 17.3 Å². The van der Waals surface area contributed by atoms with Crippen molar-refractivity contribution < 1.29 is 0 Å². The minimum Gasteiger partial charge on any atom is -0.329 e. The molecule has 0 saturated heterocycles. The molecule has 18 heavy (non-hydrogen) atoms. The minimum absolute atomic E-state index is 0.232. The molecule has 1 fully saturated rings. The highest BCUT2D eigenvalue weighted by atomic mass is 15.2. The van der Waals surface area contributed by atoms with Crippen LogP contribution in [0.3, 0.4) is 0 Å². The molecular formula is C16H34N2. The molecule has 1 rings (SSSR count). The first-order valence-corrected chi connectivity index (χ1v) is 7.62. The summed E-state index contributed by atoms with van der Waals surface area (Å²) < 4.78 is 0. The summed E-state index contributed by atoms with van der Waals surface area (Å²) in [5.74, 6) is 1.56. The fourth-order valence-corrected chi connectivity index (χ4v) is 3.99. The molecule has 2 unspecified atom stereocenters. The van der Waals surface area contributed by atoms with Crippen molar-refractivity contribution in [3.8, 4) is 0 Å². The molecule has 0 bridgehead atoms. The van der Waals surface area contributed by atoms with Crippen molar-refractivity contribution in [2.45, 2.75) is 65.8 Å². The first-order chi connectivity index (χ1) is 8.21. The van der Waals surface area contributed by atoms with Gasteiger partial charge in [0.1, 0.15) is 0 Å². The summed E-state index contributed by atoms with van der Waals surface area (Å²) in [6, 6.07) is 0. The van der Waals surface area contributed by atoms with Gasteiger partial charge in [-0.25, -0.2) is 0 Å². The lowest BCUT2D eigenvalue weighted by molar-refractivity contribution is 0.00144. The molecule has 1 saturated carbocycles. The van der Waals surface area contributed by atoms with Crippen LogP contribution in [0.5, 0.6) is 0 Å². The highest BCUT2D eigenvalue weighted by Crippen LogP contribution is 2.45. The standard InChI is InChI=1S/C16H34N2/c1-13(2)7-8-18(6)16(12-17)10-14(3)9-15(4,5)11-16/h13-14H,7-12,17H2,1-6H3. The predicted octanol–water partition coefficient (Wildman–Crippen LogP) is 3.51. The topological polar surface area (TPSA) is 29.3 Å². The van der Waals surface area contributed by atoms with Crippen molar-refractivity contribution in [2.75, 3.05) is 20.1 Å². The smallest absolute Gasteiger partial charge is 0.0336 e. The van der Waals surface area contributed by atoms with Gasteiger partial charge in [0.15, 0.2) is 0 Å². The van der Waals surface area contributed by atoms with E-state index in [2.05, 4.69) is 46.6 Å². The Morgan fingerprint density at radius 3 is 2.33 bits per heavy atom. The van der Waals surface area contributed by atoms with Crippen LogP contribution in [0.2, 0.25) is 0 Å². The van der Waals surface area contributed by atoms with Gasteiger partial charge in [-0.3, -0.25) is 4.90 Å². The molecule has 0 aromatic carbocycles. The van der Waals surface area contributed by atoms with Gasteiger partial charge in [0.25, 0.3) is 0 Å². The largest absolute Gasteiger partial charge is 0.329 e. The molecule has 2 N–H and O–H groups in total. The van der Waals surface area contributed by atoms with Crippen molar-refractivity contribution in [3.05, 3.63) is 0 Å². The molecule has 0 spiro atoms. The molecule has 0 aliphatic heterocycles. The van der Waals surface area contributed by atoms with E-state index in [0.29, 0.717) is 5.41 Å². The van der Waals surface area contributed by atoms with E-state index in [1.165, 1.54) is 32.2 Å². The maximum Gasteiger partial charge on any atom is 0.0336 e. The number of rotatable bonds is 5. The molecule has 0 aromatic heterocycles. The van der Waals surface area contributed by atoms with Gasteiger partial charge in [-0.1, -0.05) is 34.6 Å². The van der Waals surface area contributed by atoms with Crippen molar-refractivity contribution in [2.24, 2.45) is 23.0 Å². The fraction of sp³-hybridized carbons (Fsp3) is 1.00. The number of hydrogen-bond donors (Lipinski definition) is 1. The van der Waals surface area contributed by atoms with Gasteiger partial charge in [0.2, 0.25) is 0 Å². The summed E-state index contributed by atoms with van der Waals surface area (Å²) in [7, 11) is 2.28. The second-order valence-corrected chi connectivity index (χ2v) is 7.89. The van der Waals surface area contributed by atoms with Crippen molar-refractivity contribution in [1.29, 1.82) is 0 Å². The van der Waals surface area contributed by atoms with Crippen LogP contribution in [-0.2, 0) is 0 Å². The van der Waals surface area contributed by atoms with Crippen molar-refractivity contribution >= 4 is 0 Å². The third-order valence-corrected chi connectivity index (χ3v) is 4.67. The number of nitrogens with zero attached hydrogens (tertiary/aromatic N) is 1. The van der Waals surface area contributed by atoms with Gasteiger partial charge < -0.3 is 5.73 Å². The van der Waals surface area contributed by atoms with Crippen molar-refractivity contribution in [3.63, 3.8) is 0 Å². The van der Waals surface area contributed by atoms with Crippen molar-refractivity contribution in [1.82, 2.24) is 4.90 Å². The van der Waals surface area contributed by atoms with E-state index in [4.69, 9.17) is 5.73 Å². The van der Waals surface area contributed by atoms with Gasteiger partial charge in [-0.2, -0.15) is 0 Å². The molecular weight excluding hydrogens is 220 g/mol. The summed E-state index contributed by atoms with van der Waals surface area (Å²) in [5.41, 5.74) is 6.85. The summed E-state index contributed by atoms with van der Waals surface area (Å²) in [6.07, 6.45) is 5.12. The summed E-state index contributed by atoms with van der Waals surface area (Å²) in [5, 5.41) is 0. The average Bonchev–Trinajstić information content (AvgIpc) is 2.22. The molecule has 108 valence electrons. The first-order valence-electron chi connectivity index (χ1n) is 7.62. The van der Waals surface area contributed by atoms with E-state index in [9.17, 15) is 0 Å². The lowest BCUT2D eigenvalue weighted by Gasteiger charge is -2.52. The van der Waals surface area contributed by atoms with Crippen LogP contribution in [-0.4, -0.2) is 30.6 Å². The van der Waals surface area contributed by atoms with Gasteiger partial charge in [0, 0.05) is 12.1 Å². The lowest BCUT2D eigenvalue weighted by Crippen LogP contribution is -2.58. The molecule has 1 aliphatic carbocycles. The fourth-order valence-electron chi connectivity index (χ4n) is 3.99. The Morgan fingerprint density at radius 1 is 1.28 bits per heavy atom. The zero-order valence-electron chi connectivity index (χ0n) is 13.4. The van der Waals surface area contributed by atoms with E-state index in [1.54, 1.807) is 0 Å². The monoisotopic (exact) mass is 254 g/mol. The maximum absolute atomic E-state index is 6.19. The zero-order chi connectivity index (χ0) is 14.0. The Labute approximate surface area is 114 Å². The summed E-state index contributed by atoms with van der Waals surface area (Å²) >= 11 is 0. The number of nitrogens with two attached hydrogens (primary N) is 1. The second-order valence-electron chi connectivity index (χ2n) is 7.89. The highest BCUT2D eigenvalue weighted by molar-refractivity contribution is 5.00. The molecule has 0 aromatic rings. The Bertz CT molecular complexity index is 260. The molecule has 2 nitrogen and oxygen atoms in total. The number of hydrogen-bond acceptors (Lipinski definition) is 2. The van der Waals surface area contributed by atoms with E-state index >= 15 is 0 Å². The molecule has 0 radical (unpaired) electrons. The lowest BCUT2D eigenvalue weighted by atomic mass is 9.63. The van der Waals surface area contributed by atoms with Gasteiger partial charge in [0.05, 0.1) is 0 Å². The van der Waals surface area contributed by atoms with Crippen LogP contribution in [0.4, 0.5) is 0 Å². The molecule has 1 aliphatic rings. The Hall–Kier alpha value is -0.0800. The van der Waals surface area contributed by atoms with E-state index in [1.807, 2.05) is 0 Å². The minimum atomic E-state index is 0.232. The molecule has 0 amide bonds. The van der Waals surface area contributed by atoms with Gasteiger partial charge in [-0.15, -0.1) is 0 Å². The Morgan fingerprint density at radius 2 is 1.89 bits per heavy atom. The first kappa shape index (κ1) is 16.0. The maximum atomic E-state index is 6.19. The Kier molecular flexibility index (Phi) is 5.25. The molecule has 2 heteroatoms. The van der Waals surface area contributed by atoms with Crippen LogP contribution in [0.15, 0.2) is 0 Å². The highest BCUT2D eigenvalue weighted by Gasteiger charge is 2.44. The normalized spacial score (nSPS) is 32.2. The van der Waals surface area contributed by atoms with E-state index in [-0.39, 0.29) is 5.54 Å². The van der Waals surface area contributed by atoms with Gasteiger partial charge in [-0.05, 0) is 56.5 Å². The Balaban J connectivity index is 2.77. The average molecular weight is 254 g/mol. The third-order valence-electron chi connectivity index (χ3n) is 4.67.